The molecule has 1 heterocycles. The highest BCUT2D eigenvalue weighted by Gasteiger charge is 2.11. The molecule has 1 atom stereocenters. The lowest BCUT2D eigenvalue weighted by molar-refractivity contribution is -0.126. The highest BCUT2D eigenvalue weighted by Crippen LogP contribution is 2.12. The SMILES string of the molecule is CC(CN)C(=O)NCC(=O)Nc1ccc(-n2cccn2)cc1. The van der Waals surface area contributed by atoms with Gasteiger partial charge in [0.1, 0.15) is 0 Å². The molecule has 1 unspecified atom stereocenters. The number of nitrogens with zero attached hydrogens (tertiary/aromatic N) is 2. The molecule has 0 aliphatic carbocycles. The third-order valence-corrected chi connectivity index (χ3v) is 3.14. The molecule has 0 aliphatic heterocycles. The van der Waals surface area contributed by atoms with Gasteiger partial charge in [0.2, 0.25) is 11.8 Å². The second-order valence-electron chi connectivity index (χ2n) is 4.90. The van der Waals surface area contributed by atoms with Crippen LogP contribution >= 0.6 is 0 Å². The number of carbonyl (C=O) groups is 2. The molecular formula is C15H19N5O2. The third kappa shape index (κ3) is 4.16. The second-order valence-corrected chi connectivity index (χ2v) is 4.90. The van der Waals surface area contributed by atoms with E-state index in [1.165, 1.54) is 0 Å². The lowest BCUT2D eigenvalue weighted by atomic mass is 10.2. The van der Waals surface area contributed by atoms with E-state index in [1.54, 1.807) is 29.9 Å². The Morgan fingerprint density at radius 3 is 2.64 bits per heavy atom. The fourth-order valence-electron chi connectivity index (χ4n) is 1.77. The van der Waals surface area contributed by atoms with Gasteiger partial charge in [-0.15, -0.1) is 0 Å². The minimum atomic E-state index is -0.304. The van der Waals surface area contributed by atoms with Gasteiger partial charge in [-0.2, -0.15) is 5.10 Å². The van der Waals surface area contributed by atoms with Crippen LogP contribution in [0.2, 0.25) is 0 Å². The van der Waals surface area contributed by atoms with Crippen LogP contribution in [0.1, 0.15) is 6.92 Å². The molecule has 2 rings (SSSR count). The summed E-state index contributed by atoms with van der Waals surface area (Å²) in [5.41, 5.74) is 6.94. The van der Waals surface area contributed by atoms with E-state index in [9.17, 15) is 9.59 Å². The molecule has 0 saturated heterocycles. The Morgan fingerprint density at radius 2 is 2.05 bits per heavy atom. The van der Waals surface area contributed by atoms with Crippen LogP contribution in [0, 0.1) is 5.92 Å². The summed E-state index contributed by atoms with van der Waals surface area (Å²) in [6.45, 7) is 1.88. The summed E-state index contributed by atoms with van der Waals surface area (Å²) in [6, 6.07) is 9.08. The number of rotatable bonds is 6. The molecule has 0 aliphatic rings. The number of aromatic nitrogens is 2. The van der Waals surface area contributed by atoms with Gasteiger partial charge in [0.15, 0.2) is 0 Å². The van der Waals surface area contributed by atoms with Crippen molar-refractivity contribution in [3.05, 3.63) is 42.7 Å². The lowest BCUT2D eigenvalue weighted by Gasteiger charge is -2.10. The Balaban J connectivity index is 1.85. The first-order valence-electron chi connectivity index (χ1n) is 6.98. The molecule has 1 aromatic carbocycles. The average Bonchev–Trinajstić information content (AvgIpc) is 3.07. The van der Waals surface area contributed by atoms with Crippen molar-refractivity contribution in [1.29, 1.82) is 0 Å². The Bertz CT molecular complexity index is 622. The van der Waals surface area contributed by atoms with Gasteiger partial charge < -0.3 is 16.4 Å². The molecule has 0 saturated carbocycles. The molecular weight excluding hydrogens is 282 g/mol. The molecule has 0 spiro atoms. The van der Waals surface area contributed by atoms with Crippen molar-refractivity contribution in [2.75, 3.05) is 18.4 Å². The first kappa shape index (κ1) is 15.7. The van der Waals surface area contributed by atoms with Crippen molar-refractivity contribution in [2.45, 2.75) is 6.92 Å². The molecule has 0 fully saturated rings. The van der Waals surface area contributed by atoms with Crippen molar-refractivity contribution in [3.63, 3.8) is 0 Å². The Morgan fingerprint density at radius 1 is 1.32 bits per heavy atom. The van der Waals surface area contributed by atoms with Gasteiger partial charge in [-0.25, -0.2) is 4.68 Å². The van der Waals surface area contributed by atoms with Gasteiger partial charge in [0, 0.05) is 30.5 Å². The highest BCUT2D eigenvalue weighted by molar-refractivity contribution is 5.94. The van der Waals surface area contributed by atoms with Gasteiger partial charge in [-0.05, 0) is 30.3 Å². The number of amides is 2. The molecule has 1 aromatic heterocycles. The summed E-state index contributed by atoms with van der Waals surface area (Å²) in [4.78, 5) is 23.3. The lowest BCUT2D eigenvalue weighted by Crippen LogP contribution is -2.38. The van der Waals surface area contributed by atoms with E-state index >= 15 is 0 Å². The van der Waals surface area contributed by atoms with Crippen LogP contribution in [0.25, 0.3) is 5.69 Å². The fourth-order valence-corrected chi connectivity index (χ4v) is 1.77. The smallest absolute Gasteiger partial charge is 0.243 e. The van der Waals surface area contributed by atoms with Crippen molar-refractivity contribution < 1.29 is 9.59 Å². The summed E-state index contributed by atoms with van der Waals surface area (Å²) in [6.07, 6.45) is 3.53. The third-order valence-electron chi connectivity index (χ3n) is 3.14. The Hall–Kier alpha value is -2.67. The predicted octanol–water partition coefficient (Wildman–Crippen LogP) is 0.522. The number of benzene rings is 1. The van der Waals surface area contributed by atoms with Crippen LogP contribution < -0.4 is 16.4 Å². The minimum absolute atomic E-state index is 0.0793. The zero-order valence-electron chi connectivity index (χ0n) is 12.3. The van der Waals surface area contributed by atoms with Crippen molar-refractivity contribution in [3.8, 4) is 5.69 Å². The van der Waals surface area contributed by atoms with Crippen molar-refractivity contribution in [2.24, 2.45) is 11.7 Å². The molecule has 7 heteroatoms. The highest BCUT2D eigenvalue weighted by atomic mass is 16.2. The van der Waals surface area contributed by atoms with Crippen LogP contribution in [0.15, 0.2) is 42.7 Å². The topological polar surface area (TPSA) is 102 Å². The molecule has 0 radical (unpaired) electrons. The van der Waals surface area contributed by atoms with Crippen LogP contribution in [0.5, 0.6) is 0 Å². The Labute approximate surface area is 128 Å². The molecule has 22 heavy (non-hydrogen) atoms. The van der Waals surface area contributed by atoms with Gasteiger partial charge in [0.05, 0.1) is 12.2 Å². The van der Waals surface area contributed by atoms with Gasteiger partial charge in [0.25, 0.3) is 0 Å². The van der Waals surface area contributed by atoms with Gasteiger partial charge >= 0.3 is 0 Å². The molecule has 7 nitrogen and oxygen atoms in total. The number of anilines is 1. The van der Waals surface area contributed by atoms with E-state index in [4.69, 9.17) is 5.73 Å². The normalized spacial score (nSPS) is 11.7. The second kappa shape index (κ2) is 7.37. The molecule has 116 valence electrons. The zero-order chi connectivity index (χ0) is 15.9. The molecule has 2 aromatic rings. The van der Waals surface area contributed by atoms with Crippen LogP contribution in [0.4, 0.5) is 5.69 Å². The van der Waals surface area contributed by atoms with E-state index in [-0.39, 0.29) is 30.8 Å². The quantitative estimate of drug-likeness (QED) is 0.724. The summed E-state index contributed by atoms with van der Waals surface area (Å²) in [7, 11) is 0. The molecule has 2 amide bonds. The fraction of sp³-hybridized carbons (Fsp3) is 0.267. The first-order valence-corrected chi connectivity index (χ1v) is 6.98. The molecule has 0 bridgehead atoms. The maximum atomic E-state index is 11.8. The summed E-state index contributed by atoms with van der Waals surface area (Å²) >= 11 is 0. The summed E-state index contributed by atoms with van der Waals surface area (Å²) in [5.74, 6) is -0.822. The van der Waals surface area contributed by atoms with E-state index < -0.39 is 0 Å². The van der Waals surface area contributed by atoms with Crippen molar-refractivity contribution >= 4 is 17.5 Å². The number of carbonyl (C=O) groups excluding carboxylic acids is 2. The van der Waals surface area contributed by atoms with Crippen LogP contribution in [0.3, 0.4) is 0 Å². The number of nitrogens with one attached hydrogen (secondary N) is 2. The number of nitrogens with two attached hydrogens (primary N) is 1. The summed E-state index contributed by atoms with van der Waals surface area (Å²) < 4.78 is 1.72. The number of hydrogen-bond donors (Lipinski definition) is 3. The average molecular weight is 301 g/mol. The largest absolute Gasteiger partial charge is 0.347 e. The maximum Gasteiger partial charge on any atom is 0.243 e. The monoisotopic (exact) mass is 301 g/mol. The van der Waals surface area contributed by atoms with E-state index in [2.05, 4.69) is 15.7 Å². The zero-order valence-corrected chi connectivity index (χ0v) is 12.3. The van der Waals surface area contributed by atoms with E-state index in [0.29, 0.717) is 5.69 Å². The standard InChI is InChI=1S/C15H19N5O2/c1-11(9-16)15(22)17-10-14(21)19-12-3-5-13(6-4-12)20-8-2-7-18-20/h2-8,11H,9-10,16H2,1H3,(H,17,22)(H,19,21). The van der Waals surface area contributed by atoms with Crippen molar-refractivity contribution in [1.82, 2.24) is 15.1 Å². The number of hydrogen-bond acceptors (Lipinski definition) is 4. The predicted molar refractivity (Wildman–Crippen MR) is 83.4 cm³/mol. The summed E-state index contributed by atoms with van der Waals surface area (Å²) in [5, 5.41) is 9.38. The Kier molecular flexibility index (Phi) is 5.26. The van der Waals surface area contributed by atoms with Gasteiger partial charge in [-0.3, -0.25) is 9.59 Å². The van der Waals surface area contributed by atoms with Crippen LogP contribution in [-0.2, 0) is 9.59 Å². The molecule has 4 N–H and O–H groups in total. The minimum Gasteiger partial charge on any atom is -0.347 e. The maximum absolute atomic E-state index is 11.8. The van der Waals surface area contributed by atoms with Crippen LogP contribution in [-0.4, -0.2) is 34.7 Å². The van der Waals surface area contributed by atoms with Gasteiger partial charge in [-0.1, -0.05) is 6.92 Å². The van der Waals surface area contributed by atoms with E-state index in [1.807, 2.05) is 24.4 Å². The van der Waals surface area contributed by atoms with E-state index in [0.717, 1.165) is 5.69 Å². The first-order chi connectivity index (χ1) is 10.6.